The first-order valence-electron chi connectivity index (χ1n) is 24.2. The number of hydrogen-bond acceptors (Lipinski definition) is 10. The Balaban J connectivity index is 2.29. The predicted octanol–water partition coefficient (Wildman–Crippen LogP) is 10.8. The summed E-state index contributed by atoms with van der Waals surface area (Å²) in [4.78, 5) is 25.4. The van der Waals surface area contributed by atoms with Crippen molar-refractivity contribution in [2.24, 2.45) is 0 Å². The highest BCUT2D eigenvalue weighted by molar-refractivity contribution is 5.70. The average molecular weight is 849 g/mol. The van der Waals surface area contributed by atoms with Gasteiger partial charge >= 0.3 is 11.9 Å². The minimum Gasteiger partial charge on any atom is -0.462 e. The molecule has 4 N–H and O–H groups in total. The Kier molecular flexibility index (Phi) is 37.8. The topological polar surface area (TPSA) is 152 Å². The van der Waals surface area contributed by atoms with Crippen LogP contribution in [0.4, 0.5) is 0 Å². The number of esters is 2. The van der Waals surface area contributed by atoms with E-state index in [4.69, 9.17) is 18.9 Å². The molecule has 0 aromatic rings. The minimum atomic E-state index is -1.60. The molecule has 0 spiro atoms. The van der Waals surface area contributed by atoms with Gasteiger partial charge in [-0.3, -0.25) is 9.59 Å². The fraction of sp³-hybridized carbons (Fsp3) is 0.800. The van der Waals surface area contributed by atoms with Crippen molar-refractivity contribution in [3.05, 3.63) is 48.6 Å². The highest BCUT2D eigenvalue weighted by Crippen LogP contribution is 2.23. The second kappa shape index (κ2) is 40.7. The lowest BCUT2D eigenvalue weighted by Crippen LogP contribution is -2.59. The zero-order chi connectivity index (χ0) is 43.7. The Hall–Kier alpha value is -2.34. The number of carbonyl (C=O) groups excluding carboxylic acids is 2. The molecule has 348 valence electrons. The number of ether oxygens (including phenoxy) is 4. The van der Waals surface area contributed by atoms with Crippen molar-refractivity contribution in [3.8, 4) is 0 Å². The van der Waals surface area contributed by atoms with Gasteiger partial charge < -0.3 is 39.4 Å². The van der Waals surface area contributed by atoms with Crippen molar-refractivity contribution in [2.75, 3.05) is 19.8 Å². The quantitative estimate of drug-likeness (QED) is 0.0266. The van der Waals surface area contributed by atoms with E-state index in [2.05, 4.69) is 62.5 Å². The van der Waals surface area contributed by atoms with Crippen LogP contribution in [0.25, 0.3) is 0 Å². The van der Waals surface area contributed by atoms with Gasteiger partial charge in [-0.05, 0) is 70.6 Å². The lowest BCUT2D eigenvalue weighted by atomic mass is 9.99. The van der Waals surface area contributed by atoms with Crippen LogP contribution in [0.5, 0.6) is 0 Å². The highest BCUT2D eigenvalue weighted by atomic mass is 16.7. The van der Waals surface area contributed by atoms with Crippen LogP contribution >= 0.6 is 0 Å². The summed E-state index contributed by atoms with van der Waals surface area (Å²) >= 11 is 0. The maximum Gasteiger partial charge on any atom is 0.306 e. The average Bonchev–Trinajstić information content (AvgIpc) is 3.25. The van der Waals surface area contributed by atoms with Crippen LogP contribution < -0.4 is 0 Å². The molecule has 10 nitrogen and oxygen atoms in total. The van der Waals surface area contributed by atoms with Crippen molar-refractivity contribution in [1.82, 2.24) is 0 Å². The molecule has 1 heterocycles. The zero-order valence-corrected chi connectivity index (χ0v) is 37.9. The molecule has 0 aromatic heterocycles. The molecule has 6 unspecified atom stereocenters. The lowest BCUT2D eigenvalue weighted by molar-refractivity contribution is -0.305. The van der Waals surface area contributed by atoms with Gasteiger partial charge in [0, 0.05) is 12.8 Å². The Labute approximate surface area is 365 Å². The van der Waals surface area contributed by atoms with Crippen molar-refractivity contribution < 1.29 is 49.0 Å². The Bertz CT molecular complexity index is 1120. The van der Waals surface area contributed by atoms with Gasteiger partial charge in [0.2, 0.25) is 0 Å². The van der Waals surface area contributed by atoms with Crippen LogP contribution in [-0.4, -0.2) is 89.0 Å². The van der Waals surface area contributed by atoms with Gasteiger partial charge in [-0.2, -0.15) is 0 Å². The van der Waals surface area contributed by atoms with Gasteiger partial charge in [0.1, 0.15) is 31.0 Å². The van der Waals surface area contributed by atoms with E-state index in [0.29, 0.717) is 12.8 Å². The molecule has 0 saturated carbocycles. The van der Waals surface area contributed by atoms with Gasteiger partial charge in [-0.15, -0.1) is 0 Å². The molecule has 1 aliphatic heterocycles. The van der Waals surface area contributed by atoms with Crippen molar-refractivity contribution >= 4 is 11.9 Å². The van der Waals surface area contributed by atoms with Crippen LogP contribution in [-0.2, 0) is 28.5 Å². The monoisotopic (exact) mass is 849 g/mol. The molecule has 0 aromatic carbocycles. The highest BCUT2D eigenvalue weighted by Gasteiger charge is 2.44. The largest absolute Gasteiger partial charge is 0.462 e. The molecule has 0 amide bonds. The number of allylic oxidation sites excluding steroid dienone is 8. The first-order chi connectivity index (χ1) is 29.3. The summed E-state index contributed by atoms with van der Waals surface area (Å²) in [6.07, 6.45) is 41.1. The molecule has 0 radical (unpaired) electrons. The maximum atomic E-state index is 12.8. The summed E-state index contributed by atoms with van der Waals surface area (Å²) in [6, 6.07) is 0. The smallest absolute Gasteiger partial charge is 0.306 e. The second-order valence-electron chi connectivity index (χ2n) is 16.6. The van der Waals surface area contributed by atoms with Gasteiger partial charge in [0.15, 0.2) is 12.4 Å². The number of carbonyl (C=O) groups is 2. The summed E-state index contributed by atoms with van der Waals surface area (Å²) in [5.74, 6) is -0.827. The van der Waals surface area contributed by atoms with Gasteiger partial charge in [0.05, 0.1) is 13.2 Å². The van der Waals surface area contributed by atoms with E-state index in [1.807, 2.05) is 0 Å². The molecular weight excluding hydrogens is 761 g/mol. The summed E-state index contributed by atoms with van der Waals surface area (Å²) in [6.45, 7) is 3.36. The van der Waals surface area contributed by atoms with E-state index in [9.17, 15) is 30.0 Å². The van der Waals surface area contributed by atoms with Crippen LogP contribution in [0.2, 0.25) is 0 Å². The van der Waals surface area contributed by atoms with Crippen LogP contribution in [0, 0.1) is 0 Å². The molecule has 60 heavy (non-hydrogen) atoms. The third-order valence-corrected chi connectivity index (χ3v) is 10.9. The fourth-order valence-corrected chi connectivity index (χ4v) is 7.06. The summed E-state index contributed by atoms with van der Waals surface area (Å²) < 4.78 is 22.2. The first kappa shape index (κ1) is 55.7. The summed E-state index contributed by atoms with van der Waals surface area (Å²) in [7, 11) is 0. The molecule has 0 bridgehead atoms. The van der Waals surface area contributed by atoms with Gasteiger partial charge in [0.25, 0.3) is 0 Å². The van der Waals surface area contributed by atoms with Crippen LogP contribution in [0.3, 0.4) is 0 Å². The number of aliphatic hydroxyl groups is 4. The number of hydrogen-bond donors (Lipinski definition) is 4. The summed E-state index contributed by atoms with van der Waals surface area (Å²) in [5, 5.41) is 40.1. The Morgan fingerprint density at radius 2 is 0.950 bits per heavy atom. The number of rotatable bonds is 40. The Morgan fingerprint density at radius 3 is 1.43 bits per heavy atom. The van der Waals surface area contributed by atoms with E-state index in [-0.39, 0.29) is 26.1 Å². The van der Waals surface area contributed by atoms with E-state index in [1.165, 1.54) is 83.5 Å². The molecule has 6 atom stereocenters. The lowest BCUT2D eigenvalue weighted by Gasteiger charge is -2.39. The van der Waals surface area contributed by atoms with E-state index in [1.54, 1.807) is 0 Å². The normalized spacial score (nSPS) is 20.3. The van der Waals surface area contributed by atoms with Crippen molar-refractivity contribution in [3.63, 3.8) is 0 Å². The van der Waals surface area contributed by atoms with Crippen molar-refractivity contribution in [2.45, 2.75) is 237 Å². The van der Waals surface area contributed by atoms with Crippen molar-refractivity contribution in [1.29, 1.82) is 0 Å². The number of aliphatic hydroxyl groups excluding tert-OH is 4. The SMILES string of the molecule is CCCC/C=C\C/C=C\CCCCCCCC(=O)OCC(COC1OC(CO)C(O)C(O)C1O)OC(=O)CCCCCCCCCCC/C=C\C/C=C\CCCCCCC. The third-order valence-electron chi connectivity index (χ3n) is 10.9. The molecule has 1 aliphatic rings. The maximum absolute atomic E-state index is 12.8. The Morgan fingerprint density at radius 1 is 0.517 bits per heavy atom. The van der Waals surface area contributed by atoms with Crippen LogP contribution in [0.15, 0.2) is 48.6 Å². The van der Waals surface area contributed by atoms with Gasteiger partial charge in [-0.25, -0.2) is 0 Å². The standard InChI is InChI=1S/C50H88O10/c1-3-5-7-9-11-13-15-17-19-20-21-22-23-24-25-27-29-31-33-35-37-39-46(53)59-43(42-58-50-49(56)48(55)47(54)44(40-51)60-50)41-57-45(52)38-36-34-32-30-28-26-18-16-14-12-10-8-6-4-2/h10,12,15-18,20-21,43-44,47-51,54-56H,3-9,11,13-14,19,22-42H2,1-2H3/b12-10-,17-15-,18-16-,21-20-. The zero-order valence-electron chi connectivity index (χ0n) is 37.9. The fourth-order valence-electron chi connectivity index (χ4n) is 7.06. The first-order valence-corrected chi connectivity index (χ1v) is 24.2. The van der Waals surface area contributed by atoms with Crippen LogP contribution in [0.1, 0.15) is 200 Å². The predicted molar refractivity (Wildman–Crippen MR) is 242 cm³/mol. The molecule has 1 saturated heterocycles. The molecule has 10 heteroatoms. The molecule has 0 aliphatic carbocycles. The third kappa shape index (κ3) is 31.5. The number of unbranched alkanes of at least 4 members (excludes halogenated alkanes) is 21. The van der Waals surface area contributed by atoms with E-state index in [0.717, 1.165) is 77.0 Å². The minimum absolute atomic E-state index is 0.221. The van der Waals surface area contributed by atoms with E-state index < -0.39 is 55.4 Å². The molecule has 1 fully saturated rings. The summed E-state index contributed by atoms with van der Waals surface area (Å²) in [5.41, 5.74) is 0. The second-order valence-corrected chi connectivity index (χ2v) is 16.6. The molecule has 1 rings (SSSR count). The van der Waals surface area contributed by atoms with Gasteiger partial charge in [-0.1, -0.05) is 165 Å². The molecular formula is C50H88O10. The van der Waals surface area contributed by atoms with E-state index >= 15 is 0 Å².